The second kappa shape index (κ2) is 8.77. The van der Waals surface area contributed by atoms with Crippen LogP contribution < -0.4 is 10.6 Å². The van der Waals surface area contributed by atoms with Crippen LogP contribution in [-0.2, 0) is 20.9 Å². The number of tetrazole rings is 1. The number of amides is 1. The average molecular weight is 465 g/mol. The number of fused-ring (bicyclic) bond motifs is 1. The van der Waals surface area contributed by atoms with E-state index in [9.17, 15) is 14.7 Å². The summed E-state index contributed by atoms with van der Waals surface area (Å²) in [6.45, 7) is 1.61. The normalized spacial score (nSPS) is 21.0. The van der Waals surface area contributed by atoms with Crippen molar-refractivity contribution in [1.29, 1.82) is 0 Å². The summed E-state index contributed by atoms with van der Waals surface area (Å²) in [5, 5.41) is 20.8. The predicted molar refractivity (Wildman–Crippen MR) is 112 cm³/mol. The number of thioether (sulfide) groups is 2. The Kier molecular flexibility index (Phi) is 6.07. The Labute approximate surface area is 185 Å². The fourth-order valence-corrected chi connectivity index (χ4v) is 5.79. The average Bonchev–Trinajstić information content (AvgIpc) is 3.31. The van der Waals surface area contributed by atoms with E-state index in [0.29, 0.717) is 21.6 Å². The summed E-state index contributed by atoms with van der Waals surface area (Å²) < 4.78 is 10.6. The van der Waals surface area contributed by atoms with E-state index in [1.54, 1.807) is 38.3 Å². The summed E-state index contributed by atoms with van der Waals surface area (Å²) >= 11 is 2.59. The Morgan fingerprint density at radius 1 is 1.39 bits per heavy atom. The van der Waals surface area contributed by atoms with Crippen molar-refractivity contribution in [3.05, 3.63) is 40.4 Å². The molecule has 2 aliphatic heterocycles. The number of nitrogens with zero attached hydrogens (tertiary/aromatic N) is 5. The maximum Gasteiger partial charge on any atom is 0.356 e. The van der Waals surface area contributed by atoms with E-state index >= 15 is 0 Å². The number of carbonyl (C=O) groups excluding carboxylic acids is 2. The lowest BCUT2D eigenvalue weighted by molar-refractivity contribution is -0.158. The second-order valence-corrected chi connectivity index (χ2v) is 9.03. The number of nitrogen functional groups attached to an aromatic ring is 1. The summed E-state index contributed by atoms with van der Waals surface area (Å²) in [4.78, 5) is 28.6. The number of esters is 1. The van der Waals surface area contributed by atoms with E-state index < -0.39 is 18.0 Å². The molecule has 3 heterocycles. The minimum absolute atomic E-state index is 0.0466. The number of hydrogen-bond donors (Lipinski definition) is 2. The number of methoxy groups -OCH3 is 1. The number of β-lactam (4-membered cyclic amide) rings is 1. The van der Waals surface area contributed by atoms with Gasteiger partial charge >= 0.3 is 5.97 Å². The SMILES string of the molecule is COc1ccc(COC(=O)C2=C(CSc3nnnn3N)S[C@@H]3C([C@@H](C)O)C(=O)N23)cc1. The van der Waals surface area contributed by atoms with Crippen LogP contribution in [0.2, 0.25) is 0 Å². The van der Waals surface area contributed by atoms with Gasteiger partial charge in [0, 0.05) is 10.7 Å². The minimum atomic E-state index is -0.818. The van der Waals surface area contributed by atoms with Crippen molar-refractivity contribution < 1.29 is 24.2 Å². The van der Waals surface area contributed by atoms with Crippen LogP contribution in [0, 0.1) is 5.92 Å². The van der Waals surface area contributed by atoms with Gasteiger partial charge in [-0.1, -0.05) is 29.0 Å². The van der Waals surface area contributed by atoms with Crippen molar-refractivity contribution in [3.63, 3.8) is 0 Å². The maximum atomic E-state index is 12.9. The fraction of sp³-hybridized carbons (Fsp3) is 0.389. The number of hydrogen-bond acceptors (Lipinski definition) is 11. The first-order valence-corrected chi connectivity index (χ1v) is 11.1. The van der Waals surface area contributed by atoms with E-state index in [1.165, 1.54) is 28.4 Å². The third-order valence-corrected chi connectivity index (χ3v) is 7.40. The Morgan fingerprint density at radius 3 is 2.74 bits per heavy atom. The van der Waals surface area contributed by atoms with Crippen molar-refractivity contribution in [2.75, 3.05) is 18.7 Å². The highest BCUT2D eigenvalue weighted by atomic mass is 32.2. The van der Waals surface area contributed by atoms with Gasteiger partial charge in [-0.15, -0.1) is 16.6 Å². The molecule has 2 aromatic rings. The molecule has 1 aromatic carbocycles. The van der Waals surface area contributed by atoms with Crippen LogP contribution in [0.5, 0.6) is 5.75 Å². The molecule has 11 nitrogen and oxygen atoms in total. The monoisotopic (exact) mass is 464 g/mol. The van der Waals surface area contributed by atoms with Crippen LogP contribution >= 0.6 is 23.5 Å². The lowest BCUT2D eigenvalue weighted by Crippen LogP contribution is -2.60. The summed E-state index contributed by atoms with van der Waals surface area (Å²) in [5.74, 6) is 5.19. The Morgan fingerprint density at radius 2 is 2.13 bits per heavy atom. The first-order valence-electron chi connectivity index (χ1n) is 9.28. The smallest absolute Gasteiger partial charge is 0.356 e. The maximum absolute atomic E-state index is 12.9. The van der Waals surface area contributed by atoms with Crippen LogP contribution in [0.15, 0.2) is 40.0 Å². The van der Waals surface area contributed by atoms with Gasteiger partial charge < -0.3 is 20.4 Å². The number of aliphatic hydroxyl groups is 1. The fourth-order valence-electron chi connectivity index (χ4n) is 3.29. The highest BCUT2D eigenvalue weighted by Gasteiger charge is 2.57. The Bertz CT molecular complexity index is 1020. The number of carbonyl (C=O) groups is 2. The van der Waals surface area contributed by atoms with Gasteiger partial charge in [0.15, 0.2) is 0 Å². The summed E-state index contributed by atoms with van der Waals surface area (Å²) in [7, 11) is 1.57. The molecule has 0 radical (unpaired) electrons. The van der Waals surface area contributed by atoms with Gasteiger partial charge in [-0.25, -0.2) is 4.79 Å². The molecular formula is C18H20N6O5S2. The minimum Gasteiger partial charge on any atom is -0.497 e. The zero-order chi connectivity index (χ0) is 22.1. The molecule has 3 atom stereocenters. The molecule has 1 unspecified atom stereocenters. The number of aromatic nitrogens is 4. The standard InChI is InChI=1S/C18H20N6O5S2/c1-9(25)13-15(26)23-14(17(27)29-7-10-3-5-11(28-2)6-4-10)12(31-16(13)23)8-30-18-20-21-22-24(18)19/h3-6,9,13,16,25H,7-8,19H2,1-2H3/t9-,13?,16-/m1/s1. The van der Waals surface area contributed by atoms with Crippen LogP contribution in [0.4, 0.5) is 0 Å². The molecule has 1 saturated heterocycles. The lowest BCUT2D eigenvalue weighted by atomic mass is 9.92. The zero-order valence-corrected chi connectivity index (χ0v) is 18.3. The molecule has 3 N–H and O–H groups in total. The predicted octanol–water partition coefficient (Wildman–Crippen LogP) is 0.355. The Balaban J connectivity index is 1.51. The number of ether oxygens (including phenoxy) is 2. The number of nitrogens with two attached hydrogens (primary N) is 1. The van der Waals surface area contributed by atoms with Gasteiger partial charge in [0.2, 0.25) is 11.1 Å². The molecule has 0 bridgehead atoms. The number of rotatable bonds is 8. The summed E-state index contributed by atoms with van der Waals surface area (Å²) in [6, 6.07) is 7.13. The van der Waals surface area contributed by atoms with E-state index in [4.69, 9.17) is 15.3 Å². The second-order valence-electron chi connectivity index (χ2n) is 6.87. The Hall–Kier alpha value is -2.77. The number of aliphatic hydroxyl groups excluding tert-OH is 1. The molecule has 0 spiro atoms. The molecular weight excluding hydrogens is 444 g/mol. The quantitative estimate of drug-likeness (QED) is 0.241. The van der Waals surface area contributed by atoms with E-state index in [2.05, 4.69) is 15.5 Å². The van der Waals surface area contributed by atoms with Crippen molar-refractivity contribution in [2.45, 2.75) is 30.2 Å². The molecule has 1 aromatic heterocycles. The van der Waals surface area contributed by atoms with Gasteiger partial charge in [-0.05, 0) is 35.0 Å². The van der Waals surface area contributed by atoms with Gasteiger partial charge in [0.1, 0.15) is 23.4 Å². The zero-order valence-electron chi connectivity index (χ0n) is 16.7. The molecule has 1 amide bonds. The molecule has 13 heteroatoms. The molecule has 1 fully saturated rings. The molecule has 4 rings (SSSR count). The molecule has 2 aliphatic rings. The molecule has 164 valence electrons. The third-order valence-electron chi connectivity index (χ3n) is 4.89. The lowest BCUT2D eigenvalue weighted by Gasteiger charge is -2.43. The molecule has 0 saturated carbocycles. The third kappa shape index (κ3) is 4.07. The van der Waals surface area contributed by atoms with E-state index in [1.807, 2.05) is 0 Å². The van der Waals surface area contributed by atoms with Gasteiger partial charge in [-0.2, -0.15) is 0 Å². The topological polar surface area (TPSA) is 146 Å². The van der Waals surface area contributed by atoms with E-state index in [-0.39, 0.29) is 23.6 Å². The van der Waals surface area contributed by atoms with Crippen molar-refractivity contribution >= 4 is 35.4 Å². The first-order chi connectivity index (χ1) is 14.9. The molecule has 31 heavy (non-hydrogen) atoms. The van der Waals surface area contributed by atoms with Crippen LogP contribution in [0.1, 0.15) is 12.5 Å². The molecule has 0 aliphatic carbocycles. The van der Waals surface area contributed by atoms with Gasteiger partial charge in [0.25, 0.3) is 0 Å². The van der Waals surface area contributed by atoms with Crippen molar-refractivity contribution in [1.82, 2.24) is 25.2 Å². The van der Waals surface area contributed by atoms with Crippen LogP contribution in [0.3, 0.4) is 0 Å². The summed E-state index contributed by atoms with van der Waals surface area (Å²) in [6.07, 6.45) is -0.818. The van der Waals surface area contributed by atoms with Crippen LogP contribution in [0.25, 0.3) is 0 Å². The van der Waals surface area contributed by atoms with Crippen molar-refractivity contribution in [2.24, 2.45) is 5.92 Å². The highest BCUT2D eigenvalue weighted by Crippen LogP contribution is 2.51. The van der Waals surface area contributed by atoms with Crippen LogP contribution in [-0.4, -0.2) is 66.5 Å². The van der Waals surface area contributed by atoms with Crippen molar-refractivity contribution in [3.8, 4) is 5.75 Å². The van der Waals surface area contributed by atoms with Gasteiger partial charge in [-0.3, -0.25) is 9.69 Å². The number of benzene rings is 1. The first kappa shape index (κ1) is 21.5. The summed E-state index contributed by atoms with van der Waals surface area (Å²) in [5.41, 5.74) is 0.973. The largest absolute Gasteiger partial charge is 0.497 e. The highest BCUT2D eigenvalue weighted by molar-refractivity contribution is 8.06. The van der Waals surface area contributed by atoms with E-state index in [0.717, 1.165) is 10.4 Å². The van der Waals surface area contributed by atoms with Gasteiger partial charge in [0.05, 0.1) is 19.1 Å².